The van der Waals surface area contributed by atoms with Crippen LogP contribution in [0.2, 0.25) is 0 Å². The van der Waals surface area contributed by atoms with Crippen LogP contribution < -0.4 is 5.32 Å². The molecule has 1 saturated heterocycles. The molecule has 1 atom stereocenters. The second-order valence-electron chi connectivity index (χ2n) is 10.3. The molecule has 1 unspecified atom stereocenters. The van der Waals surface area contributed by atoms with Crippen LogP contribution in [-0.2, 0) is 31.1 Å². The van der Waals surface area contributed by atoms with Crippen LogP contribution in [0.5, 0.6) is 0 Å². The lowest BCUT2D eigenvalue weighted by Crippen LogP contribution is -2.41. The van der Waals surface area contributed by atoms with Crippen molar-refractivity contribution in [2.24, 2.45) is 18.4 Å². The van der Waals surface area contributed by atoms with Gasteiger partial charge in [-0.1, -0.05) is 12.1 Å². The summed E-state index contributed by atoms with van der Waals surface area (Å²) in [4.78, 5) is 34.2. The van der Waals surface area contributed by atoms with Gasteiger partial charge < -0.3 is 14.8 Å². The predicted octanol–water partition coefficient (Wildman–Crippen LogP) is 4.11. The van der Waals surface area contributed by atoms with Gasteiger partial charge in [-0.15, -0.1) is 11.3 Å². The SMILES string of the molecule is Cn1c(CCNC(=O)C2CC23CCN(C(=O)c2csc4c2CCCC4)CC3)nc2ccccc21. The van der Waals surface area contributed by atoms with Crippen LogP contribution in [-0.4, -0.2) is 45.9 Å². The first kappa shape index (κ1) is 21.8. The highest BCUT2D eigenvalue weighted by Crippen LogP contribution is 2.59. The van der Waals surface area contributed by atoms with Crippen molar-refractivity contribution in [3.8, 4) is 0 Å². The summed E-state index contributed by atoms with van der Waals surface area (Å²) in [7, 11) is 2.03. The molecule has 2 amide bonds. The quantitative estimate of drug-likeness (QED) is 0.603. The number of likely N-dealkylation sites (tertiary alicyclic amines) is 1. The predicted molar refractivity (Wildman–Crippen MR) is 134 cm³/mol. The highest BCUT2D eigenvalue weighted by atomic mass is 32.1. The van der Waals surface area contributed by atoms with Crippen molar-refractivity contribution in [3.63, 3.8) is 0 Å². The number of fused-ring (bicyclic) bond motifs is 2. The molecule has 3 aromatic rings. The first-order chi connectivity index (χ1) is 16.6. The summed E-state index contributed by atoms with van der Waals surface area (Å²) < 4.78 is 2.11. The van der Waals surface area contributed by atoms with E-state index in [-0.39, 0.29) is 23.1 Å². The van der Waals surface area contributed by atoms with Crippen molar-refractivity contribution in [2.75, 3.05) is 19.6 Å². The van der Waals surface area contributed by atoms with Crippen molar-refractivity contribution in [3.05, 3.63) is 51.5 Å². The third-order valence-electron chi connectivity index (χ3n) is 8.37. The van der Waals surface area contributed by atoms with Gasteiger partial charge in [-0.3, -0.25) is 9.59 Å². The molecule has 0 bridgehead atoms. The lowest BCUT2D eigenvalue weighted by molar-refractivity contribution is -0.123. The molecule has 7 heteroatoms. The van der Waals surface area contributed by atoms with Crippen molar-refractivity contribution in [1.82, 2.24) is 19.8 Å². The number of rotatable bonds is 5. The summed E-state index contributed by atoms with van der Waals surface area (Å²) in [6.45, 7) is 2.15. The maximum absolute atomic E-state index is 13.2. The molecule has 1 N–H and O–H groups in total. The van der Waals surface area contributed by atoms with Crippen LogP contribution in [0.15, 0.2) is 29.6 Å². The molecule has 3 aliphatic rings. The Hall–Kier alpha value is -2.67. The zero-order valence-corrected chi connectivity index (χ0v) is 20.6. The Bertz CT molecular complexity index is 1250. The van der Waals surface area contributed by atoms with Gasteiger partial charge >= 0.3 is 0 Å². The molecule has 1 saturated carbocycles. The molecule has 1 spiro atoms. The number of nitrogens with one attached hydrogen (secondary N) is 1. The normalized spacial score (nSPS) is 21.0. The highest BCUT2D eigenvalue weighted by molar-refractivity contribution is 7.10. The third kappa shape index (κ3) is 3.74. The molecular formula is C27H32N4O2S. The molecule has 2 fully saturated rings. The second-order valence-corrected chi connectivity index (χ2v) is 11.3. The van der Waals surface area contributed by atoms with Crippen LogP contribution in [0.25, 0.3) is 11.0 Å². The standard InChI is InChI=1S/C27H32N4O2S/c1-30-22-8-4-3-7-21(22)29-24(30)10-13-28-25(32)20-16-27(20)11-14-31(15-12-27)26(33)19-17-34-23-9-5-2-6-18(19)23/h3-4,7-8,17,20H,2,5-6,9-16H2,1H3,(H,28,32). The number of thiophene rings is 1. The summed E-state index contributed by atoms with van der Waals surface area (Å²) in [6.07, 6.45) is 8.18. The van der Waals surface area contributed by atoms with E-state index in [9.17, 15) is 9.59 Å². The number of benzene rings is 1. The van der Waals surface area contributed by atoms with Crippen LogP contribution in [0.4, 0.5) is 0 Å². The average Bonchev–Trinajstić information content (AvgIpc) is 3.23. The summed E-state index contributed by atoms with van der Waals surface area (Å²) >= 11 is 1.76. The smallest absolute Gasteiger partial charge is 0.254 e. The first-order valence-electron chi connectivity index (χ1n) is 12.6. The van der Waals surface area contributed by atoms with Crippen LogP contribution in [0.3, 0.4) is 0 Å². The summed E-state index contributed by atoms with van der Waals surface area (Å²) in [5.41, 5.74) is 4.48. The topological polar surface area (TPSA) is 67.2 Å². The number of nitrogens with zero attached hydrogens (tertiary/aromatic N) is 3. The molecule has 3 heterocycles. The van der Waals surface area contributed by atoms with E-state index in [4.69, 9.17) is 4.98 Å². The molecule has 2 aromatic heterocycles. The Balaban J connectivity index is 1.01. The van der Waals surface area contributed by atoms with E-state index in [1.165, 1.54) is 23.3 Å². The van der Waals surface area contributed by atoms with Crippen LogP contribution in [0, 0.1) is 11.3 Å². The molecular weight excluding hydrogens is 444 g/mol. The van der Waals surface area contributed by atoms with Crippen molar-refractivity contribution in [2.45, 2.75) is 51.4 Å². The maximum Gasteiger partial charge on any atom is 0.254 e. The molecule has 6 nitrogen and oxygen atoms in total. The molecule has 0 radical (unpaired) electrons. The number of piperidine rings is 1. The van der Waals surface area contributed by atoms with Gasteiger partial charge in [0.25, 0.3) is 5.91 Å². The molecule has 6 rings (SSSR count). The number of para-hydroxylation sites is 2. The van der Waals surface area contributed by atoms with Gasteiger partial charge in [0.15, 0.2) is 0 Å². The monoisotopic (exact) mass is 476 g/mol. The summed E-state index contributed by atoms with van der Waals surface area (Å²) in [6, 6.07) is 8.12. The Morgan fingerprint density at radius 2 is 1.97 bits per heavy atom. The molecule has 178 valence electrons. The third-order valence-corrected chi connectivity index (χ3v) is 9.46. The molecule has 2 aliphatic carbocycles. The Labute approximate surface area is 204 Å². The Morgan fingerprint density at radius 3 is 2.79 bits per heavy atom. The fourth-order valence-electron chi connectivity index (χ4n) is 6.11. The molecule has 1 aliphatic heterocycles. The van der Waals surface area contributed by atoms with Gasteiger partial charge in [0.05, 0.1) is 16.6 Å². The second kappa shape index (κ2) is 8.52. The maximum atomic E-state index is 13.2. The van der Waals surface area contributed by atoms with Gasteiger partial charge in [0, 0.05) is 49.3 Å². The minimum absolute atomic E-state index is 0.0964. The average molecular weight is 477 g/mol. The number of carbonyl (C=O) groups is 2. The van der Waals surface area contributed by atoms with Gasteiger partial charge in [0.1, 0.15) is 5.82 Å². The Morgan fingerprint density at radius 1 is 1.18 bits per heavy atom. The first-order valence-corrected chi connectivity index (χ1v) is 13.5. The lowest BCUT2D eigenvalue weighted by atomic mass is 9.89. The number of aryl methyl sites for hydroxylation is 2. The number of hydrogen-bond donors (Lipinski definition) is 1. The van der Waals surface area contributed by atoms with Gasteiger partial charge in [-0.05, 0) is 68.1 Å². The van der Waals surface area contributed by atoms with Crippen molar-refractivity contribution < 1.29 is 9.59 Å². The van der Waals surface area contributed by atoms with Crippen molar-refractivity contribution >= 4 is 34.2 Å². The minimum atomic E-state index is 0.0964. The number of amides is 2. The minimum Gasteiger partial charge on any atom is -0.355 e. The summed E-state index contributed by atoms with van der Waals surface area (Å²) in [5, 5.41) is 5.24. The van der Waals surface area contributed by atoms with E-state index in [0.29, 0.717) is 6.54 Å². The van der Waals surface area contributed by atoms with Crippen molar-refractivity contribution in [1.29, 1.82) is 0 Å². The van der Waals surface area contributed by atoms with E-state index >= 15 is 0 Å². The highest BCUT2D eigenvalue weighted by Gasteiger charge is 2.58. The fourth-order valence-corrected chi connectivity index (χ4v) is 7.23. The van der Waals surface area contributed by atoms with E-state index in [1.54, 1.807) is 11.3 Å². The van der Waals surface area contributed by atoms with Gasteiger partial charge in [-0.25, -0.2) is 4.98 Å². The molecule has 34 heavy (non-hydrogen) atoms. The van der Waals surface area contributed by atoms with E-state index in [0.717, 1.165) is 74.0 Å². The van der Waals surface area contributed by atoms with E-state index in [1.807, 2.05) is 30.1 Å². The van der Waals surface area contributed by atoms with Crippen LogP contribution >= 0.6 is 11.3 Å². The lowest BCUT2D eigenvalue weighted by Gasteiger charge is -2.33. The van der Waals surface area contributed by atoms with E-state index in [2.05, 4.69) is 21.3 Å². The van der Waals surface area contributed by atoms with Gasteiger partial charge in [0.2, 0.25) is 5.91 Å². The van der Waals surface area contributed by atoms with Gasteiger partial charge in [-0.2, -0.15) is 0 Å². The number of hydrogen-bond acceptors (Lipinski definition) is 4. The summed E-state index contributed by atoms with van der Waals surface area (Å²) in [5.74, 6) is 1.47. The molecule has 1 aromatic carbocycles. The van der Waals surface area contributed by atoms with Crippen LogP contribution in [0.1, 0.15) is 58.7 Å². The zero-order valence-electron chi connectivity index (χ0n) is 19.8. The number of imidazole rings is 1. The largest absolute Gasteiger partial charge is 0.355 e. The van der Waals surface area contributed by atoms with E-state index < -0.39 is 0 Å². The number of carbonyl (C=O) groups excluding carboxylic acids is 2. The Kier molecular flexibility index (Phi) is 5.47. The number of aromatic nitrogens is 2. The fraction of sp³-hybridized carbons (Fsp3) is 0.519. The zero-order chi connectivity index (χ0) is 23.3.